The van der Waals surface area contributed by atoms with Crippen molar-refractivity contribution in [1.82, 2.24) is 24.7 Å². The highest BCUT2D eigenvalue weighted by Crippen LogP contribution is 2.57. The monoisotopic (exact) mass is 644 g/mol. The maximum Gasteiger partial charge on any atom is 0.333 e. The number of hydrogen-bond donors (Lipinski definition) is 3. The normalized spacial score (nSPS) is 20.7. The van der Waals surface area contributed by atoms with E-state index in [1.807, 2.05) is 42.5 Å². The zero-order chi connectivity index (χ0) is 33.1. The average Bonchev–Trinajstić information content (AvgIpc) is 3.56. The molecule has 0 saturated heterocycles. The van der Waals surface area contributed by atoms with Crippen LogP contribution in [0, 0.1) is 5.41 Å². The Hall–Kier alpha value is -5.04. The third-order valence-corrected chi connectivity index (χ3v) is 8.91. The highest BCUT2D eigenvalue weighted by Gasteiger charge is 2.54. The SMILES string of the molecule is CC(C)(O)COc1ccc2c(C(=O)N[C@H]3CC4(C3)C[C@H](Oc3nn5c(-c6ccccc6)cccc5c3C(N)=O)C4)nn(C(F)F)c2c1. The summed E-state index contributed by atoms with van der Waals surface area (Å²) < 4.78 is 41.6. The highest BCUT2D eigenvalue weighted by atomic mass is 19.3. The second-order valence-corrected chi connectivity index (χ2v) is 13.2. The molecule has 0 unspecified atom stereocenters. The van der Waals surface area contributed by atoms with E-state index in [-0.39, 0.29) is 58.0 Å². The van der Waals surface area contributed by atoms with Crippen LogP contribution in [0.2, 0.25) is 0 Å². The van der Waals surface area contributed by atoms with Crippen LogP contribution in [-0.4, -0.2) is 60.7 Å². The van der Waals surface area contributed by atoms with Gasteiger partial charge < -0.3 is 25.6 Å². The second-order valence-electron chi connectivity index (χ2n) is 13.2. The first-order valence-electron chi connectivity index (χ1n) is 15.4. The Morgan fingerprint density at radius 2 is 1.79 bits per heavy atom. The van der Waals surface area contributed by atoms with Crippen molar-refractivity contribution in [2.45, 2.75) is 63.8 Å². The van der Waals surface area contributed by atoms with Gasteiger partial charge in [-0.2, -0.15) is 13.9 Å². The molecule has 2 aliphatic rings. The molecule has 3 aromatic heterocycles. The first-order chi connectivity index (χ1) is 22.4. The third-order valence-electron chi connectivity index (χ3n) is 8.91. The molecule has 2 amide bonds. The zero-order valence-corrected chi connectivity index (χ0v) is 25.8. The fourth-order valence-corrected chi connectivity index (χ4v) is 6.80. The number of carbonyl (C=O) groups is 2. The molecule has 7 rings (SSSR count). The van der Waals surface area contributed by atoms with E-state index in [2.05, 4.69) is 15.5 Å². The quantitative estimate of drug-likeness (QED) is 0.191. The molecule has 244 valence electrons. The van der Waals surface area contributed by atoms with Crippen LogP contribution in [0.4, 0.5) is 8.78 Å². The van der Waals surface area contributed by atoms with E-state index in [0.29, 0.717) is 35.9 Å². The van der Waals surface area contributed by atoms with Crippen molar-refractivity contribution in [3.8, 4) is 22.9 Å². The van der Waals surface area contributed by atoms with Gasteiger partial charge in [-0.3, -0.25) is 9.59 Å². The number of benzene rings is 2. The minimum atomic E-state index is -2.96. The number of nitrogens with two attached hydrogens (primary N) is 1. The zero-order valence-electron chi connectivity index (χ0n) is 25.8. The van der Waals surface area contributed by atoms with Crippen molar-refractivity contribution in [2.75, 3.05) is 6.61 Å². The molecule has 2 saturated carbocycles. The molecule has 2 aliphatic carbocycles. The summed E-state index contributed by atoms with van der Waals surface area (Å²) >= 11 is 0. The molecule has 2 fully saturated rings. The van der Waals surface area contributed by atoms with Gasteiger partial charge in [-0.05, 0) is 69.2 Å². The number of alkyl halides is 2. The van der Waals surface area contributed by atoms with Crippen LogP contribution in [0.3, 0.4) is 0 Å². The Morgan fingerprint density at radius 1 is 1.04 bits per heavy atom. The molecular weight excluding hydrogens is 610 g/mol. The van der Waals surface area contributed by atoms with Gasteiger partial charge in [0.2, 0.25) is 5.88 Å². The van der Waals surface area contributed by atoms with Gasteiger partial charge in [0.25, 0.3) is 11.8 Å². The van der Waals surface area contributed by atoms with Gasteiger partial charge in [0.15, 0.2) is 5.69 Å². The van der Waals surface area contributed by atoms with Crippen molar-refractivity contribution in [3.05, 3.63) is 78.0 Å². The number of primary amides is 1. The number of amides is 2. The summed E-state index contributed by atoms with van der Waals surface area (Å²) in [4.78, 5) is 25.7. The van der Waals surface area contributed by atoms with Crippen LogP contribution in [0.1, 0.15) is 66.9 Å². The summed E-state index contributed by atoms with van der Waals surface area (Å²) in [6.07, 6.45) is 2.66. The molecule has 3 heterocycles. The number of fused-ring (bicyclic) bond motifs is 2. The first kappa shape index (κ1) is 30.6. The largest absolute Gasteiger partial charge is 0.491 e. The van der Waals surface area contributed by atoms with Crippen molar-refractivity contribution in [2.24, 2.45) is 11.1 Å². The van der Waals surface area contributed by atoms with Gasteiger partial charge in [-0.1, -0.05) is 36.4 Å². The summed E-state index contributed by atoms with van der Waals surface area (Å²) in [5.41, 5.74) is 7.12. The molecule has 13 heteroatoms. The van der Waals surface area contributed by atoms with E-state index < -0.39 is 24.0 Å². The van der Waals surface area contributed by atoms with Crippen LogP contribution in [0.25, 0.3) is 27.7 Å². The average molecular weight is 645 g/mol. The molecular formula is C34H34F2N6O5. The molecule has 1 spiro atoms. The number of ether oxygens (including phenoxy) is 2. The lowest BCUT2D eigenvalue weighted by Crippen LogP contribution is -2.58. The lowest BCUT2D eigenvalue weighted by molar-refractivity contribution is -0.0848. The Kier molecular flexibility index (Phi) is 7.38. The van der Waals surface area contributed by atoms with Crippen LogP contribution in [0.15, 0.2) is 66.7 Å². The molecule has 5 aromatic rings. The predicted octanol–water partition coefficient (Wildman–Crippen LogP) is 5.11. The minimum Gasteiger partial charge on any atom is -0.491 e. The number of nitrogens with one attached hydrogen (secondary N) is 1. The Balaban J connectivity index is 1.00. The summed E-state index contributed by atoms with van der Waals surface area (Å²) in [5.74, 6) is -0.684. The van der Waals surface area contributed by atoms with Gasteiger partial charge >= 0.3 is 6.55 Å². The maximum absolute atomic E-state index is 13.8. The van der Waals surface area contributed by atoms with Crippen LogP contribution >= 0.6 is 0 Å². The van der Waals surface area contributed by atoms with Gasteiger partial charge in [-0.25, -0.2) is 9.20 Å². The number of aliphatic hydroxyl groups is 1. The molecule has 2 aromatic carbocycles. The smallest absolute Gasteiger partial charge is 0.333 e. The van der Waals surface area contributed by atoms with Gasteiger partial charge in [0.05, 0.1) is 22.3 Å². The van der Waals surface area contributed by atoms with E-state index in [1.54, 1.807) is 30.5 Å². The van der Waals surface area contributed by atoms with Crippen LogP contribution < -0.4 is 20.5 Å². The molecule has 11 nitrogen and oxygen atoms in total. The Labute approximate surface area is 268 Å². The van der Waals surface area contributed by atoms with Crippen molar-refractivity contribution < 1.29 is 33.0 Å². The highest BCUT2D eigenvalue weighted by molar-refractivity contribution is 6.05. The lowest BCUT2D eigenvalue weighted by atomic mass is 9.53. The molecule has 0 atom stereocenters. The molecule has 0 radical (unpaired) electrons. The summed E-state index contributed by atoms with van der Waals surface area (Å²) in [7, 11) is 0. The Morgan fingerprint density at radius 3 is 2.47 bits per heavy atom. The van der Waals surface area contributed by atoms with Crippen molar-refractivity contribution in [3.63, 3.8) is 0 Å². The number of halogens is 2. The number of carbonyl (C=O) groups excluding carboxylic acids is 2. The van der Waals surface area contributed by atoms with E-state index >= 15 is 0 Å². The number of aromatic nitrogens is 4. The molecule has 47 heavy (non-hydrogen) atoms. The Bertz CT molecular complexity index is 1990. The standard InChI is InChI=1S/C34H34F2N6O5/c1-33(2,45)18-46-21-11-12-23-26(13-21)42(32(35)36)39-28(23)30(44)38-20-14-34(15-20)16-22(17-34)47-31-27(29(37)43)25-10-6-9-24(41(25)40-31)19-7-4-3-5-8-19/h3-13,20,22,32,45H,14-18H2,1-2H3,(H2,37,43)(H,38,44)/t20-,22-,34?. The van der Waals surface area contributed by atoms with Gasteiger partial charge in [-0.15, -0.1) is 5.10 Å². The number of rotatable bonds is 10. The van der Waals surface area contributed by atoms with E-state index in [0.717, 1.165) is 11.3 Å². The topological polar surface area (TPSA) is 146 Å². The van der Waals surface area contributed by atoms with E-state index in [1.165, 1.54) is 12.1 Å². The van der Waals surface area contributed by atoms with E-state index in [9.17, 15) is 23.5 Å². The van der Waals surface area contributed by atoms with Crippen molar-refractivity contribution in [1.29, 1.82) is 0 Å². The molecule has 4 N–H and O–H groups in total. The van der Waals surface area contributed by atoms with Gasteiger partial charge in [0.1, 0.15) is 24.0 Å². The molecule has 0 aliphatic heterocycles. The third kappa shape index (κ3) is 5.75. The second kappa shape index (κ2) is 11.3. The van der Waals surface area contributed by atoms with Crippen LogP contribution in [-0.2, 0) is 0 Å². The minimum absolute atomic E-state index is 0.0268. The summed E-state index contributed by atoms with van der Waals surface area (Å²) in [5, 5.41) is 21.7. The number of hydrogen-bond acceptors (Lipinski definition) is 7. The van der Waals surface area contributed by atoms with Crippen LogP contribution in [0.5, 0.6) is 11.6 Å². The lowest BCUT2D eigenvalue weighted by Gasteiger charge is -2.57. The van der Waals surface area contributed by atoms with Gasteiger partial charge in [0, 0.05) is 23.1 Å². The maximum atomic E-state index is 13.8. The number of pyridine rings is 1. The molecule has 0 bridgehead atoms. The fraction of sp³-hybridized carbons (Fsp3) is 0.353. The summed E-state index contributed by atoms with van der Waals surface area (Å²) in [6, 6.07) is 19.6. The first-order valence-corrected chi connectivity index (χ1v) is 15.4. The van der Waals surface area contributed by atoms with Crippen molar-refractivity contribution >= 4 is 28.2 Å². The summed E-state index contributed by atoms with van der Waals surface area (Å²) in [6.45, 7) is 0.142. The fourth-order valence-electron chi connectivity index (χ4n) is 6.80. The number of nitrogens with zero attached hydrogens (tertiary/aromatic N) is 4. The van der Waals surface area contributed by atoms with E-state index in [4.69, 9.17) is 15.2 Å². The predicted molar refractivity (Wildman–Crippen MR) is 168 cm³/mol.